The number of pyridine rings is 1. The molecule has 3 N–H and O–H groups in total. The van der Waals surface area contributed by atoms with Gasteiger partial charge in [-0.1, -0.05) is 12.3 Å². The summed E-state index contributed by atoms with van der Waals surface area (Å²) in [5.41, 5.74) is 2.75. The summed E-state index contributed by atoms with van der Waals surface area (Å²) in [4.78, 5) is 13.8. The Morgan fingerprint density at radius 1 is 1.55 bits per heavy atom. The summed E-state index contributed by atoms with van der Waals surface area (Å²) in [6.07, 6.45) is 3.09. The number of nitrogens with two attached hydrogens (primary N) is 1. The third-order valence-electron chi connectivity index (χ3n) is 1.03. The van der Waals surface area contributed by atoms with Crippen LogP contribution < -0.4 is 11.3 Å². The molecule has 4 nitrogen and oxygen atoms in total. The van der Waals surface area contributed by atoms with Crippen molar-refractivity contribution in [1.29, 1.82) is 0 Å². The Balaban J connectivity index is 0.000001000. The molecule has 57 valence electrons. The molecule has 0 aliphatic rings. The molecule has 0 fully saturated rings. The maximum atomic E-state index is 9.99. The fourth-order valence-electron chi connectivity index (χ4n) is 0.540. The second-order valence-corrected chi connectivity index (χ2v) is 1.68. The van der Waals surface area contributed by atoms with Gasteiger partial charge in [0.15, 0.2) is 0 Å². The number of nitrogens with one attached hydrogen (secondary N) is 1. The molecule has 5 heteroatoms. The third-order valence-corrected chi connectivity index (χ3v) is 1.03. The maximum Gasteiger partial charge on any atom is 0.114 e. The molecule has 0 aliphatic carbocycles. The van der Waals surface area contributed by atoms with Gasteiger partial charge in [-0.25, -0.2) is 5.84 Å². The van der Waals surface area contributed by atoms with E-state index in [1.54, 1.807) is 18.4 Å². The van der Waals surface area contributed by atoms with Crippen LogP contribution in [0.15, 0.2) is 18.3 Å². The van der Waals surface area contributed by atoms with Crippen LogP contribution in [0.25, 0.3) is 0 Å². The van der Waals surface area contributed by atoms with Gasteiger partial charge < -0.3 is 15.2 Å². The Hall–Kier alpha value is -0.836. The Labute approximate surface area is 76.0 Å². The van der Waals surface area contributed by atoms with Crippen LogP contribution in [0.3, 0.4) is 0 Å². The van der Waals surface area contributed by atoms with E-state index >= 15 is 0 Å². The Kier molecular flexibility index (Phi) is 4.53. The number of rotatable bonds is 2. The van der Waals surface area contributed by atoms with Crippen molar-refractivity contribution in [2.75, 3.05) is 5.43 Å². The van der Waals surface area contributed by atoms with Gasteiger partial charge in [0.05, 0.1) is 6.29 Å². The van der Waals surface area contributed by atoms with Gasteiger partial charge in [-0.15, -0.1) is 5.56 Å². The zero-order valence-corrected chi connectivity index (χ0v) is 7.01. The first-order chi connectivity index (χ1) is 4.86. The SMILES string of the molecule is NNc1ccc([C-]=O)cn1.[V]. The van der Waals surface area contributed by atoms with Crippen molar-refractivity contribution >= 4 is 12.1 Å². The van der Waals surface area contributed by atoms with Gasteiger partial charge in [-0.05, 0) is 0 Å². The number of aromatic nitrogens is 1. The first-order valence-corrected chi connectivity index (χ1v) is 2.67. The fourth-order valence-corrected chi connectivity index (χ4v) is 0.540. The minimum absolute atomic E-state index is 0. The molecule has 0 saturated heterocycles. The van der Waals surface area contributed by atoms with Crippen molar-refractivity contribution in [3.63, 3.8) is 0 Å². The van der Waals surface area contributed by atoms with Crippen molar-refractivity contribution in [2.24, 2.45) is 5.84 Å². The molecule has 0 aromatic carbocycles. The van der Waals surface area contributed by atoms with E-state index in [0.717, 1.165) is 0 Å². The minimum Gasteiger partial charge on any atom is -0.376 e. The molecule has 1 aromatic heterocycles. The number of nitrogens with zero attached hydrogens (tertiary/aromatic N) is 1. The molecule has 1 rings (SSSR count). The van der Waals surface area contributed by atoms with Crippen LogP contribution in [0.2, 0.25) is 0 Å². The van der Waals surface area contributed by atoms with Crippen LogP contribution in [-0.4, -0.2) is 11.3 Å². The van der Waals surface area contributed by atoms with Crippen LogP contribution in [0.1, 0.15) is 5.56 Å². The minimum atomic E-state index is 0. The van der Waals surface area contributed by atoms with Crippen molar-refractivity contribution in [2.45, 2.75) is 0 Å². The van der Waals surface area contributed by atoms with Crippen LogP contribution in [0.4, 0.5) is 5.82 Å². The van der Waals surface area contributed by atoms with Crippen LogP contribution in [0, 0.1) is 0 Å². The molecule has 0 spiro atoms. The molecule has 0 unspecified atom stereocenters. The van der Waals surface area contributed by atoms with Gasteiger partial charge in [-0.3, -0.25) is 0 Å². The Bertz CT molecular complexity index is 224. The van der Waals surface area contributed by atoms with E-state index in [9.17, 15) is 4.79 Å². The third kappa shape index (κ3) is 2.71. The van der Waals surface area contributed by atoms with Gasteiger partial charge >= 0.3 is 0 Å². The summed E-state index contributed by atoms with van der Waals surface area (Å²) in [6.45, 7) is 0. The average molecular weight is 187 g/mol. The normalized spacial score (nSPS) is 8.09. The zero-order valence-electron chi connectivity index (χ0n) is 5.61. The quantitative estimate of drug-likeness (QED) is 0.383. The number of nitrogen functional groups attached to an aromatic ring is 1. The first-order valence-electron chi connectivity index (χ1n) is 2.67. The smallest absolute Gasteiger partial charge is 0.114 e. The van der Waals surface area contributed by atoms with Gasteiger partial charge in [0, 0.05) is 18.6 Å². The van der Waals surface area contributed by atoms with Gasteiger partial charge in [0.2, 0.25) is 0 Å². The van der Waals surface area contributed by atoms with E-state index in [1.807, 2.05) is 0 Å². The molecule has 0 saturated carbocycles. The van der Waals surface area contributed by atoms with E-state index < -0.39 is 0 Å². The topological polar surface area (TPSA) is 68.0 Å². The largest absolute Gasteiger partial charge is 0.376 e. The number of carbonyl (C=O) groups excluding carboxylic acids is 1. The van der Waals surface area contributed by atoms with E-state index in [4.69, 9.17) is 5.84 Å². The molecule has 1 aromatic rings. The molecule has 1 radical (unpaired) electrons. The molecule has 0 aliphatic heterocycles. The summed E-state index contributed by atoms with van der Waals surface area (Å²) >= 11 is 0. The molecular formula is C6H6N3OV-. The standard InChI is InChI=1S/C6H6N3O.V/c7-9-6-2-1-5(4-10)3-8-6;/h1-3H,7H2,(H,8,9);/q-1;. The molecule has 0 bridgehead atoms. The second-order valence-electron chi connectivity index (χ2n) is 1.68. The number of hydrazine groups is 1. The molecule has 0 amide bonds. The molecule has 11 heavy (non-hydrogen) atoms. The van der Waals surface area contributed by atoms with Crippen LogP contribution >= 0.6 is 0 Å². The van der Waals surface area contributed by atoms with E-state index in [0.29, 0.717) is 11.4 Å². The molecular weight excluding hydrogens is 181 g/mol. The monoisotopic (exact) mass is 187 g/mol. The summed E-state index contributed by atoms with van der Waals surface area (Å²) in [5, 5.41) is 0. The Morgan fingerprint density at radius 2 is 2.27 bits per heavy atom. The van der Waals surface area contributed by atoms with Crippen LogP contribution in [-0.2, 0) is 23.4 Å². The Morgan fingerprint density at radius 3 is 2.64 bits per heavy atom. The van der Waals surface area contributed by atoms with E-state index in [-0.39, 0.29) is 18.6 Å². The maximum absolute atomic E-state index is 9.99. The summed E-state index contributed by atoms with van der Waals surface area (Å²) in [6, 6.07) is 3.18. The number of hydrogen-bond donors (Lipinski definition) is 2. The van der Waals surface area contributed by atoms with Crippen molar-refractivity contribution in [1.82, 2.24) is 4.98 Å². The van der Waals surface area contributed by atoms with Gasteiger partial charge in [0.1, 0.15) is 5.82 Å². The number of anilines is 1. The second kappa shape index (κ2) is 4.90. The van der Waals surface area contributed by atoms with E-state index in [2.05, 4.69) is 10.4 Å². The summed E-state index contributed by atoms with van der Waals surface area (Å²) in [5.74, 6) is 5.56. The van der Waals surface area contributed by atoms with Crippen molar-refractivity contribution < 1.29 is 23.4 Å². The summed E-state index contributed by atoms with van der Waals surface area (Å²) < 4.78 is 0. The predicted octanol–water partition coefficient (Wildman–Crippen LogP) is -0.177. The van der Waals surface area contributed by atoms with Gasteiger partial charge in [-0.2, -0.15) is 6.07 Å². The van der Waals surface area contributed by atoms with Gasteiger partial charge in [0.25, 0.3) is 0 Å². The number of hydrogen-bond acceptors (Lipinski definition) is 4. The van der Waals surface area contributed by atoms with Crippen molar-refractivity contribution in [3.05, 3.63) is 23.9 Å². The zero-order chi connectivity index (χ0) is 7.40. The van der Waals surface area contributed by atoms with Crippen LogP contribution in [0.5, 0.6) is 0 Å². The predicted molar refractivity (Wildman–Crippen MR) is 36.8 cm³/mol. The average Bonchev–Trinajstić information content (AvgIpc) is 2.05. The van der Waals surface area contributed by atoms with E-state index in [1.165, 1.54) is 6.20 Å². The molecule has 1 heterocycles. The van der Waals surface area contributed by atoms with Crippen molar-refractivity contribution in [3.8, 4) is 0 Å². The fraction of sp³-hybridized carbons (Fsp3) is 0. The summed E-state index contributed by atoms with van der Waals surface area (Å²) in [7, 11) is 0. The molecule has 0 atom stereocenters. The first kappa shape index (κ1) is 10.2.